The Bertz CT molecular complexity index is 1500. The van der Waals surface area contributed by atoms with E-state index in [1.807, 2.05) is 36.4 Å². The maximum atomic E-state index is 14.6. The van der Waals surface area contributed by atoms with Gasteiger partial charge in [-0.05, 0) is 55.5 Å². The Labute approximate surface area is 212 Å². The first-order chi connectivity index (χ1) is 18.0. The number of benzene rings is 3. The first-order valence-electron chi connectivity index (χ1n) is 11.6. The van der Waals surface area contributed by atoms with Crippen molar-refractivity contribution in [1.29, 1.82) is 0 Å². The van der Waals surface area contributed by atoms with Gasteiger partial charge >= 0.3 is 0 Å². The molecule has 6 nitrogen and oxygen atoms in total. The van der Waals surface area contributed by atoms with E-state index < -0.39 is 11.6 Å². The lowest BCUT2D eigenvalue weighted by Gasteiger charge is -2.22. The number of aromatic nitrogens is 2. The normalized spacial score (nSPS) is 10.9. The molecule has 0 saturated heterocycles. The van der Waals surface area contributed by atoms with E-state index in [0.717, 1.165) is 12.1 Å². The fourth-order valence-corrected chi connectivity index (χ4v) is 3.98. The van der Waals surface area contributed by atoms with Gasteiger partial charge in [-0.1, -0.05) is 36.4 Å². The summed E-state index contributed by atoms with van der Waals surface area (Å²) in [4.78, 5) is 15.2. The van der Waals surface area contributed by atoms with Crippen LogP contribution in [0.25, 0.3) is 5.69 Å². The largest absolute Gasteiger partial charge is 0.467 e. The molecular formula is C29H23F2N3O3. The van der Waals surface area contributed by atoms with Crippen LogP contribution in [0.5, 0.6) is 11.6 Å². The highest BCUT2D eigenvalue weighted by Gasteiger charge is 2.25. The van der Waals surface area contributed by atoms with Gasteiger partial charge in [-0.15, -0.1) is 0 Å². The Balaban J connectivity index is 1.58. The number of rotatable bonds is 8. The van der Waals surface area contributed by atoms with Crippen LogP contribution < -0.4 is 4.74 Å². The molecule has 5 aromatic rings. The molecule has 2 heterocycles. The third-order valence-corrected chi connectivity index (χ3v) is 5.82. The average Bonchev–Trinajstić information content (AvgIpc) is 3.54. The van der Waals surface area contributed by atoms with Gasteiger partial charge in [-0.2, -0.15) is 5.10 Å². The number of carbonyl (C=O) groups is 1. The average molecular weight is 500 g/mol. The van der Waals surface area contributed by atoms with Crippen molar-refractivity contribution in [3.8, 4) is 17.3 Å². The van der Waals surface area contributed by atoms with Crippen LogP contribution in [-0.2, 0) is 13.1 Å². The zero-order valence-electron chi connectivity index (χ0n) is 20.0. The van der Waals surface area contributed by atoms with Crippen molar-refractivity contribution < 1.29 is 22.7 Å². The molecule has 37 heavy (non-hydrogen) atoms. The predicted octanol–water partition coefficient (Wildman–Crippen LogP) is 6.69. The lowest BCUT2D eigenvalue weighted by molar-refractivity contribution is 0.0716. The standard InChI is InChI=1S/C29H23F2N3O3/c1-20-25(19-33(18-24-13-8-16-36-24)28(35)21-9-4-2-5-10-21)29(34(32-20)23-11-6-3-7-12-23)37-27-15-14-22(30)17-26(27)31/h2-17H,18-19H2,1H3. The first-order valence-corrected chi connectivity index (χ1v) is 11.6. The molecule has 0 unspecified atom stereocenters. The van der Waals surface area contributed by atoms with Gasteiger partial charge in [0.15, 0.2) is 11.6 Å². The molecule has 0 atom stereocenters. The maximum Gasteiger partial charge on any atom is 0.254 e. The van der Waals surface area contributed by atoms with Crippen LogP contribution in [0.4, 0.5) is 8.78 Å². The highest BCUT2D eigenvalue weighted by atomic mass is 19.1. The molecule has 186 valence electrons. The van der Waals surface area contributed by atoms with Gasteiger partial charge in [-0.25, -0.2) is 13.5 Å². The van der Waals surface area contributed by atoms with Gasteiger partial charge < -0.3 is 14.1 Å². The number of furan rings is 1. The summed E-state index contributed by atoms with van der Waals surface area (Å²) < 4.78 is 41.2. The number of aryl methyl sites for hydroxylation is 1. The minimum absolute atomic E-state index is 0.102. The molecule has 8 heteroatoms. The van der Waals surface area contributed by atoms with E-state index in [9.17, 15) is 13.6 Å². The number of para-hydroxylation sites is 1. The Hall–Kier alpha value is -4.72. The van der Waals surface area contributed by atoms with Gasteiger partial charge in [0.25, 0.3) is 5.91 Å². The lowest BCUT2D eigenvalue weighted by Crippen LogP contribution is -2.30. The molecular weight excluding hydrogens is 476 g/mol. The summed E-state index contributed by atoms with van der Waals surface area (Å²) >= 11 is 0. The number of nitrogens with zero attached hydrogens (tertiary/aromatic N) is 3. The van der Waals surface area contributed by atoms with Crippen LogP contribution in [-0.4, -0.2) is 20.6 Å². The summed E-state index contributed by atoms with van der Waals surface area (Å²) in [7, 11) is 0. The highest BCUT2D eigenvalue weighted by Crippen LogP contribution is 2.33. The van der Waals surface area contributed by atoms with Crippen molar-refractivity contribution in [3.05, 3.63) is 131 Å². The van der Waals surface area contributed by atoms with E-state index in [1.54, 1.807) is 59.2 Å². The second-order valence-corrected chi connectivity index (χ2v) is 8.40. The van der Waals surface area contributed by atoms with E-state index in [-0.39, 0.29) is 30.6 Å². The summed E-state index contributed by atoms with van der Waals surface area (Å²) in [6, 6.07) is 24.8. The van der Waals surface area contributed by atoms with E-state index in [0.29, 0.717) is 28.3 Å². The van der Waals surface area contributed by atoms with Crippen molar-refractivity contribution in [3.63, 3.8) is 0 Å². The number of ether oxygens (including phenoxy) is 1. The Morgan fingerprint density at radius 2 is 1.68 bits per heavy atom. The molecule has 5 rings (SSSR count). The maximum absolute atomic E-state index is 14.6. The van der Waals surface area contributed by atoms with Crippen molar-refractivity contribution >= 4 is 5.91 Å². The monoisotopic (exact) mass is 499 g/mol. The highest BCUT2D eigenvalue weighted by molar-refractivity contribution is 5.94. The van der Waals surface area contributed by atoms with Gasteiger partial charge in [0.05, 0.1) is 36.3 Å². The van der Waals surface area contributed by atoms with Gasteiger partial charge in [0.1, 0.15) is 11.6 Å². The molecule has 3 aromatic carbocycles. The van der Waals surface area contributed by atoms with Crippen molar-refractivity contribution in [2.24, 2.45) is 0 Å². The molecule has 2 aromatic heterocycles. The zero-order chi connectivity index (χ0) is 25.8. The summed E-state index contributed by atoms with van der Waals surface area (Å²) in [6.45, 7) is 2.09. The van der Waals surface area contributed by atoms with Crippen LogP contribution in [0.15, 0.2) is 102 Å². The SMILES string of the molecule is Cc1nn(-c2ccccc2)c(Oc2ccc(F)cc2F)c1CN(Cc1ccco1)C(=O)c1ccccc1. The van der Waals surface area contributed by atoms with Crippen molar-refractivity contribution in [2.75, 3.05) is 0 Å². The number of hydrogen-bond acceptors (Lipinski definition) is 4. The molecule has 0 bridgehead atoms. The molecule has 0 spiro atoms. The lowest BCUT2D eigenvalue weighted by atomic mass is 10.1. The molecule has 0 N–H and O–H groups in total. The van der Waals surface area contributed by atoms with Gasteiger partial charge in [-0.3, -0.25) is 4.79 Å². The molecule has 0 aliphatic rings. The van der Waals surface area contributed by atoms with Crippen molar-refractivity contribution in [1.82, 2.24) is 14.7 Å². The minimum Gasteiger partial charge on any atom is -0.467 e. The second-order valence-electron chi connectivity index (χ2n) is 8.40. The molecule has 0 aliphatic carbocycles. The Kier molecular flexibility index (Phi) is 6.81. The Morgan fingerprint density at radius 3 is 2.35 bits per heavy atom. The van der Waals surface area contributed by atoms with E-state index in [2.05, 4.69) is 5.10 Å². The fraction of sp³-hybridized carbons (Fsp3) is 0.103. The molecule has 0 radical (unpaired) electrons. The van der Waals surface area contributed by atoms with E-state index in [4.69, 9.17) is 9.15 Å². The van der Waals surface area contributed by atoms with Crippen LogP contribution >= 0.6 is 0 Å². The van der Waals surface area contributed by atoms with Gasteiger partial charge in [0, 0.05) is 11.6 Å². The molecule has 0 aliphatic heterocycles. The summed E-state index contributed by atoms with van der Waals surface area (Å²) in [5.74, 6) is -1.12. The second kappa shape index (κ2) is 10.5. The first kappa shape index (κ1) is 24.0. The predicted molar refractivity (Wildman–Crippen MR) is 133 cm³/mol. The number of halogens is 2. The molecule has 0 saturated carbocycles. The van der Waals surface area contributed by atoms with Crippen LogP contribution in [0, 0.1) is 18.6 Å². The van der Waals surface area contributed by atoms with E-state index in [1.165, 1.54) is 6.07 Å². The van der Waals surface area contributed by atoms with Crippen molar-refractivity contribution in [2.45, 2.75) is 20.0 Å². The van der Waals surface area contributed by atoms with Crippen LogP contribution in [0.1, 0.15) is 27.4 Å². The zero-order valence-corrected chi connectivity index (χ0v) is 20.0. The smallest absolute Gasteiger partial charge is 0.254 e. The molecule has 0 fully saturated rings. The summed E-state index contributed by atoms with van der Waals surface area (Å²) in [5.41, 5.74) is 2.35. The number of hydrogen-bond donors (Lipinski definition) is 0. The number of carbonyl (C=O) groups excluding carboxylic acids is 1. The summed E-state index contributed by atoms with van der Waals surface area (Å²) in [5, 5.41) is 4.64. The molecule has 1 amide bonds. The van der Waals surface area contributed by atoms with Crippen LogP contribution in [0.3, 0.4) is 0 Å². The minimum atomic E-state index is -0.850. The summed E-state index contributed by atoms with van der Waals surface area (Å²) in [6.07, 6.45) is 1.55. The fourth-order valence-electron chi connectivity index (χ4n) is 3.98. The Morgan fingerprint density at radius 1 is 0.946 bits per heavy atom. The number of amides is 1. The third kappa shape index (κ3) is 5.28. The van der Waals surface area contributed by atoms with E-state index >= 15 is 0 Å². The quantitative estimate of drug-likeness (QED) is 0.239. The van der Waals surface area contributed by atoms with Crippen LogP contribution in [0.2, 0.25) is 0 Å². The third-order valence-electron chi connectivity index (χ3n) is 5.82. The van der Waals surface area contributed by atoms with Gasteiger partial charge in [0.2, 0.25) is 5.88 Å². The topological polar surface area (TPSA) is 60.5 Å².